The van der Waals surface area contributed by atoms with E-state index in [2.05, 4.69) is 34.0 Å². The van der Waals surface area contributed by atoms with Crippen LogP contribution in [0.25, 0.3) is 0 Å². The number of guanidine groups is 1. The molecule has 0 bridgehead atoms. The molecule has 0 radical (unpaired) electrons. The van der Waals surface area contributed by atoms with Crippen molar-refractivity contribution in [3.05, 3.63) is 22.4 Å². The lowest BCUT2D eigenvalue weighted by molar-refractivity contribution is -0.127. The highest BCUT2D eigenvalue weighted by atomic mass is 127. The molecule has 0 saturated heterocycles. The van der Waals surface area contributed by atoms with Gasteiger partial charge in [-0.2, -0.15) is 11.3 Å². The van der Waals surface area contributed by atoms with Crippen LogP contribution in [0.4, 0.5) is 0 Å². The largest absolute Gasteiger partial charge is 0.356 e. The molecule has 1 rings (SSSR count). The third-order valence-corrected chi connectivity index (χ3v) is 3.46. The number of aliphatic imine (C=N–C) groups is 1. The molecule has 0 aromatic carbocycles. The molecular formula is C14H25IN4OS. The number of likely N-dealkylation sites (N-methyl/N-ethyl adjacent to an activating group) is 1. The van der Waals surface area contributed by atoms with Crippen LogP contribution in [-0.4, -0.2) is 44.0 Å². The second-order valence-electron chi connectivity index (χ2n) is 4.72. The maximum absolute atomic E-state index is 11.6. The fourth-order valence-electron chi connectivity index (χ4n) is 1.43. The highest BCUT2D eigenvalue weighted by Gasteiger charge is 2.05. The minimum absolute atomic E-state index is 0. The van der Waals surface area contributed by atoms with E-state index >= 15 is 0 Å². The van der Waals surface area contributed by atoms with Crippen LogP contribution in [0.15, 0.2) is 21.8 Å². The molecule has 1 aromatic heterocycles. The summed E-state index contributed by atoms with van der Waals surface area (Å²) in [6, 6.07) is 2.06. The molecule has 0 fully saturated rings. The van der Waals surface area contributed by atoms with E-state index in [0.29, 0.717) is 12.5 Å². The van der Waals surface area contributed by atoms with Crippen LogP contribution in [0.2, 0.25) is 0 Å². The molecule has 1 amide bonds. The summed E-state index contributed by atoms with van der Waals surface area (Å²) >= 11 is 1.66. The summed E-state index contributed by atoms with van der Waals surface area (Å²) in [5.74, 6) is 0.727. The molecule has 0 atom stereocenters. The second kappa shape index (κ2) is 11.8. The predicted octanol–water partition coefficient (Wildman–Crippen LogP) is 2.29. The van der Waals surface area contributed by atoms with E-state index in [1.54, 1.807) is 30.3 Å². The van der Waals surface area contributed by atoms with Gasteiger partial charge in [0.15, 0.2) is 5.96 Å². The van der Waals surface area contributed by atoms with E-state index in [9.17, 15) is 4.79 Å². The van der Waals surface area contributed by atoms with Crippen LogP contribution >= 0.6 is 35.3 Å². The molecule has 5 nitrogen and oxygen atoms in total. The number of nitrogens with one attached hydrogen (secondary N) is 2. The molecule has 0 aliphatic carbocycles. The van der Waals surface area contributed by atoms with Crippen molar-refractivity contribution >= 4 is 47.2 Å². The predicted molar refractivity (Wildman–Crippen MR) is 100 cm³/mol. The standard InChI is InChI=1S/C14H24N4OS.HI/c1-4-5-7-15-14(17-10-13(19)18(2)3)16-9-12-6-8-20-11-12;/h6,8,11H,4-5,7,9-10H2,1-3H3,(H2,15,16,17);1H. The third-order valence-electron chi connectivity index (χ3n) is 2.73. The van der Waals surface area contributed by atoms with Crippen molar-refractivity contribution in [1.82, 2.24) is 15.5 Å². The average molecular weight is 424 g/mol. The number of hydrogen-bond acceptors (Lipinski definition) is 3. The van der Waals surface area contributed by atoms with Crippen molar-refractivity contribution in [3.63, 3.8) is 0 Å². The lowest BCUT2D eigenvalue weighted by Gasteiger charge is -2.14. The Kier molecular flexibility index (Phi) is 11.3. The number of carbonyl (C=O) groups excluding carboxylic acids is 1. The lowest BCUT2D eigenvalue weighted by atomic mass is 10.3. The summed E-state index contributed by atoms with van der Waals surface area (Å²) in [6.45, 7) is 3.89. The number of rotatable bonds is 7. The van der Waals surface area contributed by atoms with Crippen LogP contribution in [0.1, 0.15) is 25.3 Å². The minimum atomic E-state index is 0. The molecule has 7 heteroatoms. The number of hydrogen-bond donors (Lipinski definition) is 2. The summed E-state index contributed by atoms with van der Waals surface area (Å²) in [5.41, 5.74) is 1.19. The van der Waals surface area contributed by atoms with E-state index in [-0.39, 0.29) is 36.4 Å². The average Bonchev–Trinajstić information content (AvgIpc) is 2.94. The monoisotopic (exact) mass is 424 g/mol. The molecule has 0 aliphatic heterocycles. The maximum atomic E-state index is 11.6. The van der Waals surface area contributed by atoms with Gasteiger partial charge in [0.1, 0.15) is 0 Å². The van der Waals surface area contributed by atoms with E-state index in [0.717, 1.165) is 19.4 Å². The van der Waals surface area contributed by atoms with Crippen LogP contribution in [0.3, 0.4) is 0 Å². The van der Waals surface area contributed by atoms with Gasteiger partial charge in [0, 0.05) is 20.6 Å². The van der Waals surface area contributed by atoms with Gasteiger partial charge >= 0.3 is 0 Å². The van der Waals surface area contributed by atoms with Crippen molar-refractivity contribution in [1.29, 1.82) is 0 Å². The van der Waals surface area contributed by atoms with Gasteiger partial charge in [-0.3, -0.25) is 4.79 Å². The Morgan fingerprint density at radius 3 is 2.71 bits per heavy atom. The quantitative estimate of drug-likeness (QED) is 0.306. The highest BCUT2D eigenvalue weighted by molar-refractivity contribution is 14.0. The van der Waals surface area contributed by atoms with Gasteiger partial charge in [0.05, 0.1) is 13.1 Å². The van der Waals surface area contributed by atoms with Crippen LogP contribution in [0.5, 0.6) is 0 Å². The number of halogens is 1. The maximum Gasteiger partial charge on any atom is 0.241 e. The molecule has 2 N–H and O–H groups in total. The van der Waals surface area contributed by atoms with Gasteiger partial charge in [-0.05, 0) is 28.8 Å². The first-order valence-electron chi connectivity index (χ1n) is 6.87. The molecule has 0 saturated carbocycles. The fourth-order valence-corrected chi connectivity index (χ4v) is 2.09. The van der Waals surface area contributed by atoms with Crippen molar-refractivity contribution in [2.45, 2.75) is 26.3 Å². The van der Waals surface area contributed by atoms with Gasteiger partial charge in [0.2, 0.25) is 5.91 Å². The third kappa shape index (κ3) is 8.92. The van der Waals surface area contributed by atoms with Gasteiger partial charge in [-0.25, -0.2) is 4.99 Å². The lowest BCUT2D eigenvalue weighted by Crippen LogP contribution is -2.43. The molecule has 21 heavy (non-hydrogen) atoms. The molecule has 0 aliphatic rings. The van der Waals surface area contributed by atoms with Crippen molar-refractivity contribution < 1.29 is 4.79 Å². The van der Waals surface area contributed by atoms with Crippen molar-refractivity contribution in [2.75, 3.05) is 27.2 Å². The number of nitrogens with zero attached hydrogens (tertiary/aromatic N) is 2. The minimum Gasteiger partial charge on any atom is -0.356 e. The second-order valence-corrected chi connectivity index (χ2v) is 5.50. The topological polar surface area (TPSA) is 56.7 Å². The first-order valence-corrected chi connectivity index (χ1v) is 7.81. The Labute approximate surface area is 148 Å². The van der Waals surface area contributed by atoms with Crippen LogP contribution < -0.4 is 10.6 Å². The van der Waals surface area contributed by atoms with E-state index in [4.69, 9.17) is 0 Å². The molecule has 0 spiro atoms. The number of thiophene rings is 1. The number of amides is 1. The SMILES string of the molecule is CCCCNC(=NCc1ccsc1)NCC(=O)N(C)C.I. The molecule has 1 aromatic rings. The summed E-state index contributed by atoms with van der Waals surface area (Å²) in [7, 11) is 3.49. The first kappa shape index (κ1) is 20.2. The fraction of sp³-hybridized carbons (Fsp3) is 0.571. The molecule has 120 valence electrons. The summed E-state index contributed by atoms with van der Waals surface area (Å²) < 4.78 is 0. The smallest absolute Gasteiger partial charge is 0.241 e. The Balaban J connectivity index is 0.00000400. The van der Waals surface area contributed by atoms with Gasteiger partial charge < -0.3 is 15.5 Å². The van der Waals surface area contributed by atoms with Crippen molar-refractivity contribution in [2.24, 2.45) is 4.99 Å². The summed E-state index contributed by atoms with van der Waals surface area (Å²) in [5, 5.41) is 10.4. The van der Waals surface area contributed by atoms with Crippen LogP contribution in [-0.2, 0) is 11.3 Å². The Bertz CT molecular complexity index is 421. The Morgan fingerprint density at radius 2 is 2.14 bits per heavy atom. The number of carbonyl (C=O) groups is 1. The van der Waals surface area contributed by atoms with Crippen LogP contribution in [0, 0.1) is 0 Å². The summed E-state index contributed by atoms with van der Waals surface area (Å²) in [6.07, 6.45) is 2.21. The van der Waals surface area contributed by atoms with E-state index < -0.39 is 0 Å². The Morgan fingerprint density at radius 1 is 1.38 bits per heavy atom. The number of unbranched alkanes of at least 4 members (excludes halogenated alkanes) is 1. The molecular weight excluding hydrogens is 399 g/mol. The van der Waals surface area contributed by atoms with E-state index in [1.807, 2.05) is 5.38 Å². The van der Waals surface area contributed by atoms with Gasteiger partial charge in [-0.15, -0.1) is 24.0 Å². The van der Waals surface area contributed by atoms with Gasteiger partial charge in [-0.1, -0.05) is 13.3 Å². The summed E-state index contributed by atoms with van der Waals surface area (Å²) in [4.78, 5) is 17.7. The first-order chi connectivity index (χ1) is 9.63. The zero-order valence-corrected chi connectivity index (χ0v) is 16.0. The molecule has 1 heterocycles. The zero-order chi connectivity index (χ0) is 14.8. The molecule has 0 unspecified atom stereocenters. The zero-order valence-electron chi connectivity index (χ0n) is 12.9. The Hall–Kier alpha value is -0.830. The van der Waals surface area contributed by atoms with E-state index in [1.165, 1.54) is 5.56 Å². The highest BCUT2D eigenvalue weighted by Crippen LogP contribution is 2.06. The normalized spacial score (nSPS) is 10.7. The van der Waals surface area contributed by atoms with Crippen molar-refractivity contribution in [3.8, 4) is 0 Å². The van der Waals surface area contributed by atoms with Gasteiger partial charge in [0.25, 0.3) is 0 Å².